The Morgan fingerprint density at radius 1 is 1.47 bits per heavy atom. The number of rotatable bonds is 5. The number of methoxy groups -OCH3 is 1. The third-order valence-corrected chi connectivity index (χ3v) is 2.22. The van der Waals surface area contributed by atoms with E-state index >= 15 is 0 Å². The zero-order valence-electron chi connectivity index (χ0n) is 9.71. The van der Waals surface area contributed by atoms with Crippen LogP contribution in [0.15, 0.2) is 18.3 Å². The van der Waals surface area contributed by atoms with Gasteiger partial charge in [0.1, 0.15) is 11.4 Å². The molecule has 1 unspecified atom stereocenters. The Morgan fingerprint density at radius 2 is 2.18 bits per heavy atom. The molecule has 0 fully saturated rings. The summed E-state index contributed by atoms with van der Waals surface area (Å²) in [5.74, 6) is 0.137. The lowest BCUT2D eigenvalue weighted by atomic mass is 10.1. The zero-order chi connectivity index (χ0) is 12.9. The predicted octanol–water partition coefficient (Wildman–Crippen LogP) is 2.69. The Morgan fingerprint density at radius 3 is 2.71 bits per heavy atom. The maximum absolute atomic E-state index is 12.9. The fourth-order valence-corrected chi connectivity index (χ4v) is 1.45. The molecule has 0 radical (unpaired) electrons. The minimum atomic E-state index is -4.39. The summed E-state index contributed by atoms with van der Waals surface area (Å²) < 4.78 is 43.6. The lowest BCUT2D eigenvalue weighted by Crippen LogP contribution is -2.35. The molecule has 0 amide bonds. The van der Waals surface area contributed by atoms with Gasteiger partial charge in [0, 0.05) is 6.20 Å². The fourth-order valence-electron chi connectivity index (χ4n) is 1.45. The van der Waals surface area contributed by atoms with E-state index in [9.17, 15) is 13.2 Å². The van der Waals surface area contributed by atoms with Gasteiger partial charge in [-0.15, -0.1) is 0 Å². The summed E-state index contributed by atoms with van der Waals surface area (Å²) in [6, 6.07) is 1.21. The van der Waals surface area contributed by atoms with Crippen molar-refractivity contribution >= 4 is 0 Å². The van der Waals surface area contributed by atoms with Gasteiger partial charge in [0.05, 0.1) is 7.11 Å². The minimum absolute atomic E-state index is 0.129. The molecule has 1 rings (SSSR count). The maximum Gasteiger partial charge on any atom is 0.409 e. The van der Waals surface area contributed by atoms with Crippen LogP contribution >= 0.6 is 0 Å². The van der Waals surface area contributed by atoms with Gasteiger partial charge >= 0.3 is 6.18 Å². The molecule has 0 bridgehead atoms. The molecule has 1 heterocycles. The van der Waals surface area contributed by atoms with Crippen molar-refractivity contribution in [1.29, 1.82) is 0 Å². The van der Waals surface area contributed by atoms with Crippen LogP contribution in [0.25, 0.3) is 0 Å². The molecule has 0 saturated heterocycles. The van der Waals surface area contributed by atoms with Gasteiger partial charge in [0.15, 0.2) is 6.04 Å². The first-order chi connectivity index (χ1) is 8.00. The van der Waals surface area contributed by atoms with E-state index in [1.807, 2.05) is 0 Å². The highest BCUT2D eigenvalue weighted by molar-refractivity contribution is 5.30. The summed E-state index contributed by atoms with van der Waals surface area (Å²) in [5, 5.41) is 2.43. The largest absolute Gasteiger partial charge is 0.495 e. The van der Waals surface area contributed by atoms with Gasteiger partial charge in [-0.05, 0) is 25.1 Å². The molecule has 0 spiro atoms. The van der Waals surface area contributed by atoms with Crippen LogP contribution in [0.5, 0.6) is 5.75 Å². The number of hydrogen-bond acceptors (Lipinski definition) is 3. The molecule has 96 valence electrons. The number of pyridine rings is 1. The van der Waals surface area contributed by atoms with Crippen molar-refractivity contribution in [3.05, 3.63) is 24.0 Å². The van der Waals surface area contributed by atoms with Gasteiger partial charge in [-0.1, -0.05) is 6.92 Å². The summed E-state index contributed by atoms with van der Waals surface area (Å²) in [7, 11) is 1.33. The van der Waals surface area contributed by atoms with Crippen LogP contribution in [0.1, 0.15) is 25.1 Å². The highest BCUT2D eigenvalue weighted by Crippen LogP contribution is 2.35. The predicted molar refractivity (Wildman–Crippen MR) is 57.9 cm³/mol. The summed E-state index contributed by atoms with van der Waals surface area (Å²) in [4.78, 5) is 3.76. The van der Waals surface area contributed by atoms with Crippen molar-refractivity contribution in [2.45, 2.75) is 25.6 Å². The average Bonchev–Trinajstić information content (AvgIpc) is 2.28. The molecule has 0 aliphatic carbocycles. The highest BCUT2D eigenvalue weighted by Gasteiger charge is 2.42. The monoisotopic (exact) mass is 248 g/mol. The number of ether oxygens (including phenoxy) is 1. The van der Waals surface area contributed by atoms with Gasteiger partial charge in [-0.2, -0.15) is 13.2 Å². The second-order valence-corrected chi connectivity index (χ2v) is 3.52. The third kappa shape index (κ3) is 3.59. The van der Waals surface area contributed by atoms with E-state index in [0.29, 0.717) is 6.42 Å². The Kier molecular flexibility index (Phi) is 4.74. The number of hydrogen-bond donors (Lipinski definition) is 1. The minimum Gasteiger partial charge on any atom is -0.495 e. The number of aromatic nitrogens is 1. The summed E-state index contributed by atoms with van der Waals surface area (Å²) in [6.07, 6.45) is -2.46. The van der Waals surface area contributed by atoms with Gasteiger partial charge in [-0.3, -0.25) is 4.98 Å². The zero-order valence-corrected chi connectivity index (χ0v) is 9.71. The molecule has 0 saturated carbocycles. The second-order valence-electron chi connectivity index (χ2n) is 3.52. The van der Waals surface area contributed by atoms with Crippen LogP contribution in [-0.4, -0.2) is 24.8 Å². The van der Waals surface area contributed by atoms with E-state index in [-0.39, 0.29) is 18.0 Å². The number of alkyl halides is 3. The lowest BCUT2D eigenvalue weighted by Gasteiger charge is -2.22. The fraction of sp³-hybridized carbons (Fsp3) is 0.545. The second kappa shape index (κ2) is 5.86. The van der Waals surface area contributed by atoms with Crippen LogP contribution in [0, 0.1) is 0 Å². The number of nitrogens with one attached hydrogen (secondary N) is 1. The molecule has 17 heavy (non-hydrogen) atoms. The van der Waals surface area contributed by atoms with E-state index in [4.69, 9.17) is 4.74 Å². The van der Waals surface area contributed by atoms with E-state index in [0.717, 1.165) is 0 Å². The highest BCUT2D eigenvalue weighted by atomic mass is 19.4. The van der Waals surface area contributed by atoms with Crippen LogP contribution in [0.3, 0.4) is 0 Å². The summed E-state index contributed by atoms with van der Waals surface area (Å²) >= 11 is 0. The molecule has 6 heteroatoms. The Hall–Kier alpha value is -1.30. The summed E-state index contributed by atoms with van der Waals surface area (Å²) in [5.41, 5.74) is -0.129. The van der Waals surface area contributed by atoms with Gasteiger partial charge in [-0.25, -0.2) is 0 Å². The topological polar surface area (TPSA) is 34.2 Å². The average molecular weight is 248 g/mol. The van der Waals surface area contributed by atoms with Crippen molar-refractivity contribution < 1.29 is 17.9 Å². The molecule has 1 atom stereocenters. The SMILES string of the molecule is CCCNC(c1ncccc1OC)C(F)(F)F. The lowest BCUT2D eigenvalue weighted by molar-refractivity contribution is -0.158. The number of halogens is 3. The molecule has 1 N–H and O–H groups in total. The van der Waals surface area contributed by atoms with Crippen molar-refractivity contribution in [3.8, 4) is 5.75 Å². The molecule has 0 aliphatic rings. The van der Waals surface area contributed by atoms with E-state index in [1.54, 1.807) is 6.92 Å². The van der Waals surface area contributed by atoms with E-state index in [1.165, 1.54) is 25.4 Å². The van der Waals surface area contributed by atoms with E-state index in [2.05, 4.69) is 10.3 Å². The molecule has 3 nitrogen and oxygen atoms in total. The van der Waals surface area contributed by atoms with Crippen molar-refractivity contribution in [2.24, 2.45) is 0 Å². The van der Waals surface area contributed by atoms with Crippen LogP contribution in [0.2, 0.25) is 0 Å². The standard InChI is InChI=1S/C11H15F3N2O/c1-3-6-16-10(11(12,13)14)9-8(17-2)5-4-7-15-9/h4-5,7,10,16H,3,6H2,1-2H3. The van der Waals surface area contributed by atoms with Crippen LogP contribution in [0.4, 0.5) is 13.2 Å². The molecule has 0 aliphatic heterocycles. The third-order valence-electron chi connectivity index (χ3n) is 2.22. The first kappa shape index (κ1) is 13.8. The Labute approximate surface area is 98.0 Å². The van der Waals surface area contributed by atoms with Gasteiger partial charge in [0.2, 0.25) is 0 Å². The van der Waals surface area contributed by atoms with Gasteiger partial charge < -0.3 is 10.1 Å². The number of nitrogens with zero attached hydrogens (tertiary/aromatic N) is 1. The smallest absolute Gasteiger partial charge is 0.409 e. The van der Waals surface area contributed by atoms with E-state index < -0.39 is 12.2 Å². The van der Waals surface area contributed by atoms with Crippen molar-refractivity contribution in [1.82, 2.24) is 10.3 Å². The van der Waals surface area contributed by atoms with Crippen molar-refractivity contribution in [3.63, 3.8) is 0 Å². The molecule has 1 aromatic heterocycles. The quantitative estimate of drug-likeness (QED) is 0.870. The van der Waals surface area contributed by atoms with Gasteiger partial charge in [0.25, 0.3) is 0 Å². The molecule has 0 aromatic carbocycles. The first-order valence-electron chi connectivity index (χ1n) is 5.29. The Balaban J connectivity index is 3.03. The van der Waals surface area contributed by atoms with Crippen molar-refractivity contribution in [2.75, 3.05) is 13.7 Å². The van der Waals surface area contributed by atoms with Crippen LogP contribution < -0.4 is 10.1 Å². The normalized spacial score (nSPS) is 13.5. The molecular formula is C11H15F3N2O. The van der Waals surface area contributed by atoms with Crippen LogP contribution in [-0.2, 0) is 0 Å². The summed E-state index contributed by atoms with van der Waals surface area (Å²) in [6.45, 7) is 2.07. The molecular weight excluding hydrogens is 233 g/mol. The molecule has 1 aromatic rings. The Bertz CT molecular complexity index is 355. The maximum atomic E-state index is 12.9. The first-order valence-corrected chi connectivity index (χ1v) is 5.29.